The summed E-state index contributed by atoms with van der Waals surface area (Å²) < 4.78 is 7.00. The molecule has 4 nitrogen and oxygen atoms in total. The smallest absolute Gasteiger partial charge is 0.338 e. The molecule has 4 aromatic rings. The van der Waals surface area contributed by atoms with Crippen molar-refractivity contribution in [2.75, 3.05) is 7.11 Å². The molecule has 5 heteroatoms. The van der Waals surface area contributed by atoms with Gasteiger partial charge >= 0.3 is 5.97 Å². The minimum Gasteiger partial charge on any atom is -0.507 e. The van der Waals surface area contributed by atoms with Crippen molar-refractivity contribution >= 4 is 39.4 Å². The lowest BCUT2D eigenvalue weighted by molar-refractivity contribution is 0.0603. The summed E-state index contributed by atoms with van der Waals surface area (Å²) in [4.78, 5) is 12.3. The summed E-state index contributed by atoms with van der Waals surface area (Å²) in [6, 6.07) is 18.5. The first-order chi connectivity index (χ1) is 12.6. The molecule has 0 saturated carbocycles. The predicted molar refractivity (Wildman–Crippen MR) is 103 cm³/mol. The Bertz CT molecular complexity index is 1150. The fraction of sp³-hybridized carbons (Fsp3) is 0.0952. The SMILES string of the molecule is COC(=O)c1cccc2c1c1c(O)cccc1n2Cc1cccc(Cl)c1. The molecule has 0 radical (unpaired) electrons. The van der Waals surface area contributed by atoms with Crippen molar-refractivity contribution in [3.05, 3.63) is 76.8 Å². The average molecular weight is 366 g/mol. The molecule has 0 aliphatic rings. The van der Waals surface area contributed by atoms with Gasteiger partial charge in [-0.05, 0) is 42.0 Å². The number of rotatable bonds is 3. The Kier molecular flexibility index (Phi) is 4.05. The molecule has 3 aromatic carbocycles. The Morgan fingerprint density at radius 2 is 1.73 bits per heavy atom. The van der Waals surface area contributed by atoms with Crippen molar-refractivity contribution in [1.29, 1.82) is 0 Å². The zero-order valence-corrected chi connectivity index (χ0v) is 14.8. The molecule has 130 valence electrons. The fourth-order valence-electron chi connectivity index (χ4n) is 3.44. The van der Waals surface area contributed by atoms with E-state index in [9.17, 15) is 9.90 Å². The van der Waals surface area contributed by atoms with Crippen LogP contribution in [0.1, 0.15) is 15.9 Å². The lowest BCUT2D eigenvalue weighted by Gasteiger charge is -2.08. The first-order valence-corrected chi connectivity index (χ1v) is 8.53. The molecule has 1 N–H and O–H groups in total. The van der Waals surface area contributed by atoms with Gasteiger partial charge in [0.05, 0.1) is 29.1 Å². The topological polar surface area (TPSA) is 51.5 Å². The Morgan fingerprint density at radius 3 is 2.46 bits per heavy atom. The van der Waals surface area contributed by atoms with E-state index in [1.54, 1.807) is 18.2 Å². The molecule has 26 heavy (non-hydrogen) atoms. The van der Waals surface area contributed by atoms with Crippen molar-refractivity contribution in [2.45, 2.75) is 6.54 Å². The first kappa shape index (κ1) is 16.5. The van der Waals surface area contributed by atoms with Gasteiger partial charge < -0.3 is 14.4 Å². The number of aromatic nitrogens is 1. The molecule has 0 aliphatic heterocycles. The van der Waals surface area contributed by atoms with E-state index in [4.69, 9.17) is 16.3 Å². The predicted octanol–water partition coefficient (Wildman–Crippen LogP) is 4.99. The van der Waals surface area contributed by atoms with Crippen LogP contribution in [-0.2, 0) is 11.3 Å². The number of carbonyl (C=O) groups is 1. The largest absolute Gasteiger partial charge is 0.507 e. The number of halogens is 1. The minimum absolute atomic E-state index is 0.133. The van der Waals surface area contributed by atoms with E-state index in [1.807, 2.05) is 42.5 Å². The van der Waals surface area contributed by atoms with Crippen LogP contribution in [0.25, 0.3) is 21.8 Å². The summed E-state index contributed by atoms with van der Waals surface area (Å²) >= 11 is 6.12. The highest BCUT2D eigenvalue weighted by molar-refractivity contribution is 6.30. The number of benzene rings is 3. The summed E-state index contributed by atoms with van der Waals surface area (Å²) in [6.07, 6.45) is 0. The van der Waals surface area contributed by atoms with Gasteiger partial charge in [0.1, 0.15) is 5.75 Å². The Hall–Kier alpha value is -2.98. The number of esters is 1. The lowest BCUT2D eigenvalue weighted by Crippen LogP contribution is -2.02. The molecule has 0 amide bonds. The number of hydrogen-bond donors (Lipinski definition) is 1. The third-order valence-electron chi connectivity index (χ3n) is 4.53. The molecule has 1 aromatic heterocycles. The van der Waals surface area contributed by atoms with Crippen molar-refractivity contribution in [1.82, 2.24) is 4.57 Å². The van der Waals surface area contributed by atoms with Crippen LogP contribution in [0.4, 0.5) is 0 Å². The molecule has 1 heterocycles. The number of hydrogen-bond acceptors (Lipinski definition) is 3. The number of methoxy groups -OCH3 is 1. The summed E-state index contributed by atoms with van der Waals surface area (Å²) in [5.41, 5.74) is 3.16. The summed E-state index contributed by atoms with van der Waals surface area (Å²) in [5.74, 6) is -0.297. The summed E-state index contributed by atoms with van der Waals surface area (Å²) in [7, 11) is 1.35. The van der Waals surface area contributed by atoms with E-state index < -0.39 is 5.97 Å². The van der Waals surface area contributed by atoms with E-state index in [1.165, 1.54) is 7.11 Å². The van der Waals surface area contributed by atoms with Crippen LogP contribution in [0.5, 0.6) is 5.75 Å². The van der Waals surface area contributed by atoms with Crippen molar-refractivity contribution in [2.24, 2.45) is 0 Å². The number of carbonyl (C=O) groups excluding carboxylic acids is 1. The standard InChI is InChI=1S/C21H16ClNO3/c1-26-21(25)15-7-3-8-16-19(15)20-17(9-4-10-18(20)24)23(16)12-13-5-2-6-14(22)11-13/h2-11,24H,12H2,1H3. The molecule has 0 fully saturated rings. The number of phenols is 1. The highest BCUT2D eigenvalue weighted by atomic mass is 35.5. The maximum absolute atomic E-state index is 12.3. The van der Waals surface area contributed by atoms with Gasteiger partial charge in [0, 0.05) is 17.0 Å². The van der Waals surface area contributed by atoms with Crippen LogP contribution in [0.3, 0.4) is 0 Å². The van der Waals surface area contributed by atoms with Crippen LogP contribution in [0.15, 0.2) is 60.7 Å². The number of phenolic OH excluding ortho intramolecular Hbond substituents is 1. The van der Waals surface area contributed by atoms with Crippen LogP contribution in [0.2, 0.25) is 5.02 Å². The maximum Gasteiger partial charge on any atom is 0.338 e. The van der Waals surface area contributed by atoms with Gasteiger partial charge in [0.25, 0.3) is 0 Å². The van der Waals surface area contributed by atoms with Gasteiger partial charge in [0.15, 0.2) is 0 Å². The van der Waals surface area contributed by atoms with Crippen LogP contribution in [-0.4, -0.2) is 22.8 Å². The van der Waals surface area contributed by atoms with Crippen molar-refractivity contribution in [3.63, 3.8) is 0 Å². The van der Waals surface area contributed by atoms with E-state index in [0.29, 0.717) is 27.9 Å². The summed E-state index contributed by atoms with van der Waals surface area (Å²) in [5, 5.41) is 12.5. The van der Waals surface area contributed by atoms with E-state index in [0.717, 1.165) is 16.6 Å². The van der Waals surface area contributed by atoms with Crippen LogP contribution in [0, 0.1) is 0 Å². The molecule has 0 aliphatic carbocycles. The second-order valence-electron chi connectivity index (χ2n) is 6.08. The third kappa shape index (κ3) is 2.59. The highest BCUT2D eigenvalue weighted by Crippen LogP contribution is 2.37. The number of fused-ring (bicyclic) bond motifs is 3. The second kappa shape index (κ2) is 6.39. The van der Waals surface area contributed by atoms with E-state index in [2.05, 4.69) is 4.57 Å². The molecule has 0 unspecified atom stereocenters. The van der Waals surface area contributed by atoms with Gasteiger partial charge in [-0.2, -0.15) is 0 Å². The zero-order chi connectivity index (χ0) is 18.3. The van der Waals surface area contributed by atoms with Crippen molar-refractivity contribution < 1.29 is 14.6 Å². The molecular weight excluding hydrogens is 350 g/mol. The molecular formula is C21H16ClNO3. The molecule has 0 spiro atoms. The van der Waals surface area contributed by atoms with Gasteiger partial charge in [0.2, 0.25) is 0 Å². The van der Waals surface area contributed by atoms with E-state index >= 15 is 0 Å². The number of nitrogens with zero attached hydrogens (tertiary/aromatic N) is 1. The highest BCUT2D eigenvalue weighted by Gasteiger charge is 2.20. The first-order valence-electron chi connectivity index (χ1n) is 8.16. The van der Waals surface area contributed by atoms with Crippen LogP contribution < -0.4 is 0 Å². The Balaban J connectivity index is 2.06. The monoisotopic (exact) mass is 365 g/mol. The molecule has 0 saturated heterocycles. The molecule has 0 atom stereocenters. The van der Waals surface area contributed by atoms with Gasteiger partial charge in [-0.25, -0.2) is 4.79 Å². The van der Waals surface area contributed by atoms with Crippen molar-refractivity contribution in [3.8, 4) is 5.75 Å². The normalized spacial score (nSPS) is 11.2. The van der Waals surface area contributed by atoms with Gasteiger partial charge in [-0.1, -0.05) is 35.9 Å². The lowest BCUT2D eigenvalue weighted by atomic mass is 10.1. The van der Waals surface area contributed by atoms with E-state index in [-0.39, 0.29) is 5.75 Å². The number of aromatic hydroxyl groups is 1. The maximum atomic E-state index is 12.3. The molecule has 4 rings (SSSR count). The summed E-state index contributed by atoms with van der Waals surface area (Å²) in [6.45, 7) is 0.564. The Labute approximate surface area is 155 Å². The number of ether oxygens (including phenoxy) is 1. The zero-order valence-electron chi connectivity index (χ0n) is 14.1. The fourth-order valence-corrected chi connectivity index (χ4v) is 3.65. The third-order valence-corrected chi connectivity index (χ3v) is 4.76. The van der Waals surface area contributed by atoms with Gasteiger partial charge in [-0.15, -0.1) is 0 Å². The van der Waals surface area contributed by atoms with Crippen LogP contribution >= 0.6 is 11.6 Å². The van der Waals surface area contributed by atoms with Gasteiger partial charge in [-0.3, -0.25) is 0 Å². The Morgan fingerprint density at radius 1 is 1.04 bits per heavy atom. The quantitative estimate of drug-likeness (QED) is 0.520. The average Bonchev–Trinajstić information content (AvgIpc) is 2.96. The minimum atomic E-state index is -0.430. The molecule has 0 bridgehead atoms. The second-order valence-corrected chi connectivity index (χ2v) is 6.52.